The summed E-state index contributed by atoms with van der Waals surface area (Å²) in [5.41, 5.74) is 3.38. The Hall–Kier alpha value is -3.97. The minimum atomic E-state index is -0.449. The highest BCUT2D eigenvalue weighted by atomic mass is 35.5. The van der Waals surface area contributed by atoms with Crippen molar-refractivity contribution in [3.63, 3.8) is 0 Å². The van der Waals surface area contributed by atoms with Gasteiger partial charge in [0.2, 0.25) is 11.8 Å². The maximum Gasteiger partial charge on any atom is 0.233 e. The van der Waals surface area contributed by atoms with E-state index in [0.29, 0.717) is 16.4 Å². The third-order valence-corrected chi connectivity index (χ3v) is 4.77. The number of anilines is 2. The average molecular weight is 432 g/mol. The van der Waals surface area contributed by atoms with Gasteiger partial charge in [-0.15, -0.1) is 0 Å². The number of pyridine rings is 1. The van der Waals surface area contributed by atoms with Crippen LogP contribution >= 0.6 is 11.6 Å². The van der Waals surface area contributed by atoms with Crippen LogP contribution in [0.1, 0.15) is 17.8 Å². The van der Waals surface area contributed by atoms with Crippen LogP contribution in [0.3, 0.4) is 0 Å². The number of halogens is 1. The van der Waals surface area contributed by atoms with Crippen molar-refractivity contribution in [3.8, 4) is 0 Å². The van der Waals surface area contributed by atoms with Crippen LogP contribution in [0.2, 0.25) is 5.02 Å². The molecular formula is C23H18ClN5O2. The van der Waals surface area contributed by atoms with Gasteiger partial charge in [0.05, 0.1) is 27.6 Å². The molecule has 0 bridgehead atoms. The van der Waals surface area contributed by atoms with Crippen LogP contribution in [0.25, 0.3) is 23.1 Å². The van der Waals surface area contributed by atoms with Crippen molar-refractivity contribution in [3.05, 3.63) is 83.3 Å². The second-order valence-corrected chi connectivity index (χ2v) is 7.12. The van der Waals surface area contributed by atoms with Crippen molar-refractivity contribution in [2.45, 2.75) is 6.42 Å². The first-order chi connectivity index (χ1) is 15.1. The number of para-hydroxylation sites is 1. The molecule has 154 valence electrons. The summed E-state index contributed by atoms with van der Waals surface area (Å²) in [4.78, 5) is 28.6. The number of nitrogens with one attached hydrogen (secondary N) is 3. The van der Waals surface area contributed by atoms with Gasteiger partial charge in [0.15, 0.2) is 0 Å². The summed E-state index contributed by atoms with van der Waals surface area (Å²) in [5.74, 6) is -0.881. The van der Waals surface area contributed by atoms with Crippen LogP contribution in [-0.4, -0.2) is 27.0 Å². The molecule has 0 aliphatic carbocycles. The number of hydrogen-bond donors (Lipinski definition) is 3. The Morgan fingerprint density at radius 3 is 2.58 bits per heavy atom. The minimum absolute atomic E-state index is 0.329. The van der Waals surface area contributed by atoms with Gasteiger partial charge in [-0.05, 0) is 54.6 Å². The molecule has 2 aromatic carbocycles. The van der Waals surface area contributed by atoms with E-state index < -0.39 is 11.8 Å². The Morgan fingerprint density at radius 1 is 0.968 bits per heavy atom. The fourth-order valence-electron chi connectivity index (χ4n) is 2.99. The molecule has 2 aromatic heterocycles. The molecular weight excluding hydrogens is 414 g/mol. The highest BCUT2D eigenvalue weighted by Crippen LogP contribution is 2.23. The fraction of sp³-hybridized carbons (Fsp3) is 0.0435. The van der Waals surface area contributed by atoms with Crippen molar-refractivity contribution in [1.29, 1.82) is 0 Å². The van der Waals surface area contributed by atoms with E-state index in [9.17, 15) is 9.59 Å². The number of benzene rings is 2. The summed E-state index contributed by atoms with van der Waals surface area (Å²) >= 11 is 6.02. The van der Waals surface area contributed by atoms with Crippen LogP contribution in [0.5, 0.6) is 0 Å². The predicted molar refractivity (Wildman–Crippen MR) is 123 cm³/mol. The Morgan fingerprint density at radius 2 is 1.77 bits per heavy atom. The summed E-state index contributed by atoms with van der Waals surface area (Å²) in [6, 6.07) is 17.9. The topological polar surface area (TPSA) is 99.8 Å². The Labute approximate surface area is 183 Å². The zero-order valence-corrected chi connectivity index (χ0v) is 17.1. The molecule has 0 atom stereocenters. The van der Waals surface area contributed by atoms with Crippen molar-refractivity contribution in [2.24, 2.45) is 0 Å². The van der Waals surface area contributed by atoms with Crippen LogP contribution < -0.4 is 10.6 Å². The lowest BCUT2D eigenvalue weighted by Crippen LogP contribution is -2.21. The second kappa shape index (κ2) is 9.23. The largest absolute Gasteiger partial charge is 0.326 e. The van der Waals surface area contributed by atoms with Gasteiger partial charge in [0, 0.05) is 17.3 Å². The second-order valence-electron chi connectivity index (χ2n) is 6.71. The lowest BCUT2D eigenvalue weighted by molar-refractivity contribution is -0.123. The lowest BCUT2D eigenvalue weighted by atomic mass is 10.1. The molecule has 2 amide bonds. The summed E-state index contributed by atoms with van der Waals surface area (Å²) < 4.78 is 0. The Balaban J connectivity index is 1.40. The number of H-pyrrole nitrogens is 1. The number of amides is 2. The number of nitrogens with zero attached hydrogens (tertiary/aromatic N) is 2. The average Bonchev–Trinajstić information content (AvgIpc) is 3.16. The van der Waals surface area contributed by atoms with E-state index in [-0.39, 0.29) is 6.42 Å². The van der Waals surface area contributed by atoms with Gasteiger partial charge in [-0.3, -0.25) is 19.7 Å². The zero-order chi connectivity index (χ0) is 21.6. The van der Waals surface area contributed by atoms with Gasteiger partial charge in [-0.2, -0.15) is 5.10 Å². The normalized spacial score (nSPS) is 11.0. The summed E-state index contributed by atoms with van der Waals surface area (Å²) in [7, 11) is 0. The summed E-state index contributed by atoms with van der Waals surface area (Å²) in [6.45, 7) is 0. The smallest absolute Gasteiger partial charge is 0.233 e. The summed E-state index contributed by atoms with van der Waals surface area (Å²) in [5, 5.41) is 13.9. The van der Waals surface area contributed by atoms with E-state index in [1.807, 2.05) is 36.4 Å². The molecule has 2 heterocycles. The maximum absolute atomic E-state index is 12.2. The van der Waals surface area contributed by atoms with E-state index in [1.165, 1.54) is 0 Å². The van der Waals surface area contributed by atoms with Gasteiger partial charge in [-0.25, -0.2) is 0 Å². The van der Waals surface area contributed by atoms with Crippen LogP contribution in [-0.2, 0) is 9.59 Å². The molecule has 4 aromatic rings. The van der Waals surface area contributed by atoms with Gasteiger partial charge >= 0.3 is 0 Å². The standard InChI is InChI=1S/C23H18ClN5O2/c24-18-6-1-2-7-20(18)27-23(31)14-22(30)26-16-8-10-17-19(28-29-21(17)13-16)11-9-15-5-3-4-12-25-15/h1-13H,14H2,(H,26,30)(H,27,31)(H,28,29)/b11-9+. The number of carbonyl (C=O) groups is 2. The monoisotopic (exact) mass is 431 g/mol. The van der Waals surface area contributed by atoms with E-state index in [2.05, 4.69) is 25.8 Å². The number of aromatic amines is 1. The predicted octanol–water partition coefficient (Wildman–Crippen LogP) is 4.75. The zero-order valence-electron chi connectivity index (χ0n) is 16.3. The highest BCUT2D eigenvalue weighted by Gasteiger charge is 2.12. The minimum Gasteiger partial charge on any atom is -0.326 e. The Kier molecular flexibility index (Phi) is 6.05. The number of fused-ring (bicyclic) bond motifs is 1. The molecule has 8 heteroatoms. The highest BCUT2D eigenvalue weighted by molar-refractivity contribution is 6.33. The molecule has 0 unspecified atom stereocenters. The lowest BCUT2D eigenvalue weighted by Gasteiger charge is -2.08. The first-order valence-corrected chi connectivity index (χ1v) is 9.88. The third kappa shape index (κ3) is 5.15. The number of carbonyl (C=O) groups excluding carboxylic acids is 2. The van der Waals surface area contributed by atoms with Gasteiger partial charge in [0.1, 0.15) is 6.42 Å². The van der Waals surface area contributed by atoms with Crippen LogP contribution in [0.4, 0.5) is 11.4 Å². The molecule has 7 nitrogen and oxygen atoms in total. The van der Waals surface area contributed by atoms with Gasteiger partial charge in [0.25, 0.3) is 0 Å². The van der Waals surface area contributed by atoms with Gasteiger partial charge in [-0.1, -0.05) is 29.8 Å². The quantitative estimate of drug-likeness (QED) is 0.383. The maximum atomic E-state index is 12.2. The third-order valence-electron chi connectivity index (χ3n) is 4.44. The number of aromatic nitrogens is 3. The van der Waals surface area contributed by atoms with Crippen molar-refractivity contribution >= 4 is 57.8 Å². The summed E-state index contributed by atoms with van der Waals surface area (Å²) in [6.07, 6.45) is 5.15. The molecule has 0 radical (unpaired) electrons. The van der Waals surface area contributed by atoms with Crippen LogP contribution in [0, 0.1) is 0 Å². The van der Waals surface area contributed by atoms with Crippen molar-refractivity contribution in [2.75, 3.05) is 10.6 Å². The number of hydrogen-bond acceptors (Lipinski definition) is 4. The fourth-order valence-corrected chi connectivity index (χ4v) is 3.18. The molecule has 0 aliphatic heterocycles. The van der Waals surface area contributed by atoms with E-state index in [4.69, 9.17) is 11.6 Å². The molecule has 0 saturated carbocycles. The van der Waals surface area contributed by atoms with E-state index >= 15 is 0 Å². The van der Waals surface area contributed by atoms with Crippen molar-refractivity contribution < 1.29 is 9.59 Å². The van der Waals surface area contributed by atoms with E-state index in [0.717, 1.165) is 22.3 Å². The first-order valence-electron chi connectivity index (χ1n) is 9.50. The molecule has 31 heavy (non-hydrogen) atoms. The molecule has 0 spiro atoms. The van der Waals surface area contributed by atoms with E-state index in [1.54, 1.807) is 42.6 Å². The molecule has 0 aliphatic rings. The van der Waals surface area contributed by atoms with Crippen molar-refractivity contribution in [1.82, 2.24) is 15.2 Å². The SMILES string of the molecule is O=C(CC(=O)Nc1ccccc1Cl)Nc1ccc2c(/C=C/c3ccccn3)n[nH]c2c1. The molecule has 0 fully saturated rings. The molecule has 0 saturated heterocycles. The van der Waals surface area contributed by atoms with Crippen LogP contribution in [0.15, 0.2) is 66.9 Å². The Bertz CT molecular complexity index is 1270. The van der Waals surface area contributed by atoms with Gasteiger partial charge < -0.3 is 10.6 Å². The molecule has 4 rings (SSSR count). The molecule has 3 N–H and O–H groups in total. The first kappa shape index (κ1) is 20.3. The number of rotatable bonds is 6.